The first-order valence-corrected chi connectivity index (χ1v) is 9.63. The summed E-state index contributed by atoms with van der Waals surface area (Å²) in [4.78, 5) is 4.15. The Labute approximate surface area is 137 Å². The van der Waals surface area contributed by atoms with Gasteiger partial charge in [-0.15, -0.1) is 0 Å². The van der Waals surface area contributed by atoms with Gasteiger partial charge in [-0.25, -0.2) is 13.1 Å². The minimum absolute atomic E-state index is 0.0481. The summed E-state index contributed by atoms with van der Waals surface area (Å²) in [6.07, 6.45) is 6.64. The summed E-state index contributed by atoms with van der Waals surface area (Å²) < 4.78 is 32.1. The van der Waals surface area contributed by atoms with Gasteiger partial charge in [-0.05, 0) is 37.8 Å². The highest BCUT2D eigenvalue weighted by atomic mass is 32.2. The van der Waals surface area contributed by atoms with Crippen molar-refractivity contribution in [2.75, 3.05) is 18.9 Å². The molecule has 0 spiro atoms. The summed E-state index contributed by atoms with van der Waals surface area (Å²) in [5.74, 6) is -0.126. The van der Waals surface area contributed by atoms with Gasteiger partial charge in [-0.1, -0.05) is 12.5 Å². The molecule has 1 N–H and O–H groups in total. The lowest BCUT2D eigenvalue weighted by molar-refractivity contribution is -0.0197. The van der Waals surface area contributed by atoms with Crippen molar-refractivity contribution in [3.63, 3.8) is 0 Å². The van der Waals surface area contributed by atoms with Crippen LogP contribution in [0.25, 0.3) is 0 Å². The number of sulfonamides is 1. The molecular weight excluding hydrogens is 314 g/mol. The number of nitrogens with zero attached hydrogens (tertiary/aromatic N) is 2. The van der Waals surface area contributed by atoms with Gasteiger partial charge in [0, 0.05) is 24.9 Å². The van der Waals surface area contributed by atoms with E-state index in [4.69, 9.17) is 4.74 Å². The summed E-state index contributed by atoms with van der Waals surface area (Å²) >= 11 is 0. The van der Waals surface area contributed by atoms with Crippen LogP contribution in [-0.4, -0.2) is 37.9 Å². The van der Waals surface area contributed by atoms with Crippen LogP contribution in [0.3, 0.4) is 0 Å². The number of hydrogen-bond donors (Lipinski definition) is 1. The highest BCUT2D eigenvalue weighted by Crippen LogP contribution is 2.30. The molecule has 7 heteroatoms. The second kappa shape index (κ2) is 8.39. The fourth-order valence-corrected chi connectivity index (χ4v) is 3.57. The van der Waals surface area contributed by atoms with Gasteiger partial charge < -0.3 is 4.74 Å². The minimum Gasteiger partial charge on any atom is -0.359 e. The van der Waals surface area contributed by atoms with E-state index in [0.29, 0.717) is 25.8 Å². The molecule has 1 fully saturated rings. The number of ether oxygens (including phenoxy) is 1. The maximum atomic E-state index is 12.0. The maximum Gasteiger partial charge on any atom is 0.213 e. The van der Waals surface area contributed by atoms with Gasteiger partial charge in [0.15, 0.2) is 5.60 Å². The zero-order chi connectivity index (χ0) is 16.6. The second-order valence-corrected chi connectivity index (χ2v) is 7.73. The van der Waals surface area contributed by atoms with E-state index < -0.39 is 15.6 Å². The van der Waals surface area contributed by atoms with Gasteiger partial charge in [0.2, 0.25) is 10.0 Å². The predicted octanol–water partition coefficient (Wildman–Crippen LogP) is 1.79. The molecule has 2 rings (SSSR count). The van der Waals surface area contributed by atoms with Crippen LogP contribution in [0.2, 0.25) is 0 Å². The third kappa shape index (κ3) is 5.90. The number of hydrogen-bond acceptors (Lipinski definition) is 5. The molecule has 1 heterocycles. The Morgan fingerprint density at radius 3 is 2.74 bits per heavy atom. The maximum absolute atomic E-state index is 12.0. The Balaban J connectivity index is 1.72. The Morgan fingerprint density at radius 1 is 1.30 bits per heavy atom. The Bertz CT molecular complexity index is 620. The van der Waals surface area contributed by atoms with Gasteiger partial charge in [-0.3, -0.25) is 4.98 Å². The first kappa shape index (κ1) is 17.9. The summed E-state index contributed by atoms with van der Waals surface area (Å²) in [6.45, 7) is 0.356. The molecule has 0 amide bonds. The quantitative estimate of drug-likeness (QED) is 0.781. The number of nitriles is 1. The Hall–Kier alpha value is -1.49. The van der Waals surface area contributed by atoms with E-state index in [2.05, 4.69) is 15.8 Å². The van der Waals surface area contributed by atoms with Crippen LogP contribution < -0.4 is 4.72 Å². The van der Waals surface area contributed by atoms with Crippen molar-refractivity contribution in [1.29, 1.82) is 5.26 Å². The molecule has 126 valence electrons. The summed E-state index contributed by atoms with van der Waals surface area (Å²) in [6, 6.07) is 7.77. The third-order valence-electron chi connectivity index (χ3n) is 4.02. The van der Waals surface area contributed by atoms with Crippen molar-refractivity contribution in [3.8, 4) is 6.07 Å². The lowest BCUT2D eigenvalue weighted by Crippen LogP contribution is -2.37. The smallest absolute Gasteiger partial charge is 0.213 e. The van der Waals surface area contributed by atoms with Crippen molar-refractivity contribution in [2.24, 2.45) is 0 Å². The molecule has 1 aliphatic rings. The van der Waals surface area contributed by atoms with Crippen molar-refractivity contribution in [2.45, 2.75) is 44.1 Å². The number of aromatic nitrogens is 1. The van der Waals surface area contributed by atoms with Crippen LogP contribution in [0.15, 0.2) is 24.4 Å². The van der Waals surface area contributed by atoms with Gasteiger partial charge >= 0.3 is 0 Å². The minimum atomic E-state index is -3.40. The Morgan fingerprint density at radius 2 is 2.09 bits per heavy atom. The molecular formula is C16H23N3O3S. The van der Waals surface area contributed by atoms with Crippen LogP contribution in [-0.2, 0) is 21.2 Å². The predicted molar refractivity (Wildman–Crippen MR) is 87.1 cm³/mol. The highest BCUT2D eigenvalue weighted by molar-refractivity contribution is 7.89. The molecule has 1 aromatic rings. The number of pyridine rings is 1. The van der Waals surface area contributed by atoms with Crippen LogP contribution in [0, 0.1) is 11.3 Å². The van der Waals surface area contributed by atoms with Crippen LogP contribution in [0.1, 0.15) is 37.8 Å². The van der Waals surface area contributed by atoms with E-state index in [-0.39, 0.29) is 12.4 Å². The lowest BCUT2D eigenvalue weighted by atomic mass is 9.86. The summed E-state index contributed by atoms with van der Waals surface area (Å²) in [5.41, 5.74) is 0.0546. The average Bonchev–Trinajstić information content (AvgIpc) is 2.56. The molecule has 0 radical (unpaired) electrons. The molecule has 0 unspecified atom stereocenters. The van der Waals surface area contributed by atoms with Crippen molar-refractivity contribution < 1.29 is 13.2 Å². The fraction of sp³-hybridized carbons (Fsp3) is 0.625. The normalized spacial score (nSPS) is 17.5. The zero-order valence-electron chi connectivity index (χ0n) is 13.2. The van der Waals surface area contributed by atoms with Gasteiger partial charge in [-0.2, -0.15) is 5.26 Å². The van der Waals surface area contributed by atoms with E-state index in [9.17, 15) is 13.7 Å². The molecule has 0 aromatic carbocycles. The first-order chi connectivity index (χ1) is 11.1. The summed E-state index contributed by atoms with van der Waals surface area (Å²) in [7, 11) is -3.40. The third-order valence-corrected chi connectivity index (χ3v) is 5.37. The fourth-order valence-electron chi connectivity index (χ4n) is 2.71. The highest BCUT2D eigenvalue weighted by Gasteiger charge is 2.33. The molecule has 23 heavy (non-hydrogen) atoms. The van der Waals surface area contributed by atoms with Crippen molar-refractivity contribution in [1.82, 2.24) is 9.71 Å². The van der Waals surface area contributed by atoms with Crippen molar-refractivity contribution >= 4 is 10.0 Å². The topological polar surface area (TPSA) is 92.1 Å². The van der Waals surface area contributed by atoms with E-state index in [1.54, 1.807) is 6.20 Å². The van der Waals surface area contributed by atoms with E-state index in [1.165, 1.54) is 0 Å². The van der Waals surface area contributed by atoms with E-state index in [0.717, 1.165) is 25.0 Å². The van der Waals surface area contributed by atoms with E-state index in [1.807, 2.05) is 18.2 Å². The largest absolute Gasteiger partial charge is 0.359 e. The SMILES string of the molecule is N#CC1(OCCS(=O)(=O)NCCc2ccccn2)CCCCC1. The van der Waals surface area contributed by atoms with Gasteiger partial charge in [0.25, 0.3) is 0 Å². The van der Waals surface area contributed by atoms with E-state index >= 15 is 0 Å². The van der Waals surface area contributed by atoms with Crippen LogP contribution in [0.5, 0.6) is 0 Å². The molecule has 6 nitrogen and oxygen atoms in total. The standard InChI is InChI=1S/C16H23N3O3S/c17-14-16(8-3-1-4-9-16)22-12-13-23(20,21)19-11-7-15-6-2-5-10-18-15/h2,5-6,10,19H,1,3-4,7-9,11-13H2. The van der Waals surface area contributed by atoms with Gasteiger partial charge in [0.1, 0.15) is 0 Å². The molecule has 0 bridgehead atoms. The van der Waals surface area contributed by atoms with Crippen LogP contribution in [0.4, 0.5) is 0 Å². The van der Waals surface area contributed by atoms with Crippen molar-refractivity contribution in [3.05, 3.63) is 30.1 Å². The lowest BCUT2D eigenvalue weighted by Gasteiger charge is -2.30. The number of nitrogens with one attached hydrogen (secondary N) is 1. The first-order valence-electron chi connectivity index (χ1n) is 7.98. The molecule has 0 aliphatic heterocycles. The second-order valence-electron chi connectivity index (χ2n) is 5.80. The van der Waals surface area contributed by atoms with Gasteiger partial charge in [0.05, 0.1) is 18.4 Å². The molecule has 0 atom stereocenters. The zero-order valence-corrected chi connectivity index (χ0v) is 14.0. The molecule has 1 saturated carbocycles. The van der Waals surface area contributed by atoms with Crippen LogP contribution >= 0.6 is 0 Å². The average molecular weight is 337 g/mol. The number of rotatable bonds is 8. The Kier molecular flexibility index (Phi) is 6.51. The molecule has 1 aromatic heterocycles. The molecule has 1 aliphatic carbocycles. The monoisotopic (exact) mass is 337 g/mol. The molecule has 0 saturated heterocycles. The summed E-state index contributed by atoms with van der Waals surface area (Å²) in [5, 5.41) is 9.29.